The van der Waals surface area contributed by atoms with Crippen molar-refractivity contribution in [2.45, 2.75) is 439 Å². The SMILES string of the molecule is CCCCCCCCCCCCCCCCCCCCC(=O)O[C@H](COC(=O)CCCCCCCCCCCCCCCCCC)COP(=O)(O)OC[C@@H](O)COP(=O)(O)OC[C@@H](COC(=O)CCCCCCCCCC(C)C)OC(=O)CCCCCCCCCCCCCCC(C)C. The number of phosphoric acid groups is 2. The van der Waals surface area contributed by atoms with Gasteiger partial charge in [-0.05, 0) is 37.5 Å². The number of unbranched alkanes of at least 4 members (excludes halogenated alkanes) is 49. The summed E-state index contributed by atoms with van der Waals surface area (Å²) in [4.78, 5) is 73.0. The number of ether oxygens (including phenoxy) is 4. The highest BCUT2D eigenvalue weighted by atomic mass is 31.2. The number of aliphatic hydroxyl groups excluding tert-OH is 1. The van der Waals surface area contributed by atoms with E-state index < -0.39 is 97.5 Å². The lowest BCUT2D eigenvalue weighted by Gasteiger charge is -2.21. The molecule has 0 saturated carbocycles. The van der Waals surface area contributed by atoms with Crippen molar-refractivity contribution in [3.05, 3.63) is 0 Å². The van der Waals surface area contributed by atoms with E-state index in [0.29, 0.717) is 31.6 Å². The van der Waals surface area contributed by atoms with Crippen molar-refractivity contribution in [3.8, 4) is 0 Å². The summed E-state index contributed by atoms with van der Waals surface area (Å²) >= 11 is 0. The lowest BCUT2D eigenvalue weighted by Crippen LogP contribution is -2.30. The molecule has 5 atom stereocenters. The van der Waals surface area contributed by atoms with Crippen LogP contribution in [0.25, 0.3) is 0 Å². The van der Waals surface area contributed by atoms with E-state index >= 15 is 0 Å². The molecule has 19 heteroatoms. The summed E-state index contributed by atoms with van der Waals surface area (Å²) in [6, 6.07) is 0. The molecule has 0 aliphatic carbocycles. The van der Waals surface area contributed by atoms with E-state index in [1.165, 1.54) is 231 Å². The fourth-order valence-electron chi connectivity index (χ4n) is 12.4. The molecule has 0 aliphatic heterocycles. The molecule has 0 aliphatic rings. The minimum atomic E-state index is -4.96. The van der Waals surface area contributed by atoms with Crippen LogP contribution in [0.15, 0.2) is 0 Å². The molecule has 0 aromatic heterocycles. The van der Waals surface area contributed by atoms with E-state index in [-0.39, 0.29) is 25.7 Å². The summed E-state index contributed by atoms with van der Waals surface area (Å²) < 4.78 is 68.7. The van der Waals surface area contributed by atoms with Crippen LogP contribution in [0.5, 0.6) is 0 Å². The molecule has 99 heavy (non-hydrogen) atoms. The maximum atomic E-state index is 13.1. The number of rotatable bonds is 79. The summed E-state index contributed by atoms with van der Waals surface area (Å²) in [7, 11) is -9.92. The zero-order valence-electron chi connectivity index (χ0n) is 64.8. The van der Waals surface area contributed by atoms with Crippen molar-refractivity contribution in [1.82, 2.24) is 0 Å². The summed E-state index contributed by atoms with van der Waals surface area (Å²) in [6.07, 6.45) is 61.1. The second kappa shape index (κ2) is 71.7. The largest absolute Gasteiger partial charge is 0.472 e. The third kappa shape index (κ3) is 74.1. The number of phosphoric ester groups is 2. The van der Waals surface area contributed by atoms with Gasteiger partial charge in [-0.25, -0.2) is 9.13 Å². The van der Waals surface area contributed by atoms with Gasteiger partial charge in [0.1, 0.15) is 19.3 Å². The zero-order valence-corrected chi connectivity index (χ0v) is 66.6. The molecule has 0 fully saturated rings. The van der Waals surface area contributed by atoms with E-state index in [9.17, 15) is 43.2 Å². The van der Waals surface area contributed by atoms with Gasteiger partial charge in [-0.3, -0.25) is 37.3 Å². The zero-order chi connectivity index (χ0) is 72.8. The molecule has 3 N–H and O–H groups in total. The van der Waals surface area contributed by atoms with Crippen LogP contribution >= 0.6 is 15.6 Å². The van der Waals surface area contributed by atoms with Crippen LogP contribution < -0.4 is 0 Å². The van der Waals surface area contributed by atoms with Crippen LogP contribution in [0.3, 0.4) is 0 Å². The topological polar surface area (TPSA) is 237 Å². The smallest absolute Gasteiger partial charge is 0.462 e. The molecule has 0 spiro atoms. The van der Waals surface area contributed by atoms with Crippen molar-refractivity contribution >= 4 is 39.5 Å². The van der Waals surface area contributed by atoms with Gasteiger partial charge >= 0.3 is 39.5 Å². The molecule has 0 heterocycles. The molecule has 0 amide bonds. The number of esters is 4. The Hall–Kier alpha value is -1.94. The molecule has 0 aromatic rings. The Morgan fingerprint density at radius 1 is 0.273 bits per heavy atom. The first-order valence-corrected chi connectivity index (χ1v) is 44.5. The first-order chi connectivity index (χ1) is 47.9. The van der Waals surface area contributed by atoms with E-state index in [4.69, 9.17) is 37.0 Å². The van der Waals surface area contributed by atoms with E-state index in [2.05, 4.69) is 41.5 Å². The number of hydrogen-bond donors (Lipinski definition) is 3. The second-order valence-corrected chi connectivity index (χ2v) is 32.7. The predicted octanol–water partition coefficient (Wildman–Crippen LogP) is 23.9. The van der Waals surface area contributed by atoms with Gasteiger partial charge in [0, 0.05) is 25.7 Å². The maximum Gasteiger partial charge on any atom is 0.472 e. The van der Waals surface area contributed by atoms with Gasteiger partial charge in [-0.1, -0.05) is 369 Å². The molecule has 588 valence electrons. The van der Waals surface area contributed by atoms with E-state index in [0.717, 1.165) is 102 Å². The monoisotopic (exact) mass is 1450 g/mol. The van der Waals surface area contributed by atoms with Gasteiger partial charge in [0.15, 0.2) is 12.2 Å². The Morgan fingerprint density at radius 3 is 0.687 bits per heavy atom. The summed E-state index contributed by atoms with van der Waals surface area (Å²) in [5.41, 5.74) is 0. The van der Waals surface area contributed by atoms with Crippen LogP contribution in [0.1, 0.15) is 420 Å². The van der Waals surface area contributed by atoms with Gasteiger partial charge in [0.2, 0.25) is 0 Å². The molecule has 2 unspecified atom stereocenters. The van der Waals surface area contributed by atoms with Gasteiger partial charge < -0.3 is 33.8 Å². The van der Waals surface area contributed by atoms with Gasteiger partial charge in [-0.2, -0.15) is 0 Å². The highest BCUT2D eigenvalue weighted by Gasteiger charge is 2.30. The van der Waals surface area contributed by atoms with Crippen LogP contribution in [0.4, 0.5) is 0 Å². The normalized spacial score (nSPS) is 13.9. The third-order valence-electron chi connectivity index (χ3n) is 18.7. The molecule has 0 aromatic carbocycles. The molecular weight excluding hydrogens is 1290 g/mol. The summed E-state index contributed by atoms with van der Waals surface area (Å²) in [6.45, 7) is 9.59. The third-order valence-corrected chi connectivity index (χ3v) is 20.6. The maximum absolute atomic E-state index is 13.1. The Kier molecular flexibility index (Phi) is 70.3. The Balaban J connectivity index is 5.24. The van der Waals surface area contributed by atoms with Crippen molar-refractivity contribution in [2.24, 2.45) is 11.8 Å². The van der Waals surface area contributed by atoms with Crippen molar-refractivity contribution in [2.75, 3.05) is 39.6 Å². The first kappa shape index (κ1) is 97.1. The van der Waals surface area contributed by atoms with Gasteiger partial charge in [-0.15, -0.1) is 0 Å². The molecular formula is C80H156O17P2. The quantitative estimate of drug-likeness (QED) is 0.0222. The molecule has 0 bridgehead atoms. The molecule has 0 radical (unpaired) electrons. The second-order valence-electron chi connectivity index (χ2n) is 29.8. The van der Waals surface area contributed by atoms with Crippen molar-refractivity contribution < 1.29 is 80.2 Å². The minimum Gasteiger partial charge on any atom is -0.462 e. The highest BCUT2D eigenvalue weighted by Crippen LogP contribution is 2.45. The first-order valence-electron chi connectivity index (χ1n) is 41.5. The Labute approximate surface area is 607 Å². The molecule has 17 nitrogen and oxygen atoms in total. The Bertz CT molecular complexity index is 1910. The average Bonchev–Trinajstić information content (AvgIpc) is 0.954. The standard InChI is InChI=1S/C80H156O17P2/c1-7-9-11-13-15-17-19-21-23-25-26-28-30-35-39-45-52-58-64-79(84)96-75(68-90-77(82)62-56-50-44-38-34-29-27-24-22-20-18-16-14-12-10-8-2)70-94-98(86,87)92-66-74(81)67-93-99(88,89)95-71-76(69-91-78(83)63-57-51-47-41-43-49-55-61-73(5)6)97-80(85)65-59-53-46-40-36-32-31-33-37-42-48-54-60-72(3)4/h72-76,81H,7-71H2,1-6H3,(H,86,87)(H,88,89)/t74-,75-,76-/m1/s1. The van der Waals surface area contributed by atoms with Crippen molar-refractivity contribution in [3.63, 3.8) is 0 Å². The van der Waals surface area contributed by atoms with Gasteiger partial charge in [0.05, 0.1) is 26.4 Å². The minimum absolute atomic E-state index is 0.106. The fraction of sp³-hybridized carbons (Fsp3) is 0.950. The van der Waals surface area contributed by atoms with Crippen LogP contribution in [0, 0.1) is 11.8 Å². The number of carbonyl (C=O) groups is 4. The molecule has 0 rings (SSSR count). The lowest BCUT2D eigenvalue weighted by atomic mass is 10.0. The molecule has 0 saturated heterocycles. The fourth-order valence-corrected chi connectivity index (χ4v) is 13.9. The predicted molar refractivity (Wildman–Crippen MR) is 405 cm³/mol. The van der Waals surface area contributed by atoms with Crippen LogP contribution in [0.2, 0.25) is 0 Å². The van der Waals surface area contributed by atoms with Crippen LogP contribution in [-0.4, -0.2) is 96.7 Å². The Morgan fingerprint density at radius 2 is 0.465 bits per heavy atom. The van der Waals surface area contributed by atoms with E-state index in [1.807, 2.05) is 0 Å². The average molecular weight is 1450 g/mol. The highest BCUT2D eigenvalue weighted by molar-refractivity contribution is 7.47. The number of aliphatic hydroxyl groups is 1. The summed E-state index contributed by atoms with van der Waals surface area (Å²) in [5.74, 6) is -0.628. The lowest BCUT2D eigenvalue weighted by molar-refractivity contribution is -0.161. The van der Waals surface area contributed by atoms with Gasteiger partial charge in [0.25, 0.3) is 0 Å². The van der Waals surface area contributed by atoms with Crippen molar-refractivity contribution in [1.29, 1.82) is 0 Å². The number of hydrogen-bond acceptors (Lipinski definition) is 15. The summed E-state index contributed by atoms with van der Waals surface area (Å²) in [5, 5.41) is 10.6. The van der Waals surface area contributed by atoms with Crippen LogP contribution in [-0.2, 0) is 65.4 Å². The van der Waals surface area contributed by atoms with E-state index in [1.54, 1.807) is 0 Å². The number of carbonyl (C=O) groups excluding carboxylic acids is 4.